The van der Waals surface area contributed by atoms with Gasteiger partial charge in [-0.05, 0) is 25.2 Å². The lowest BCUT2D eigenvalue weighted by Gasteiger charge is -2.16. The Balaban J connectivity index is 2.25. The molecule has 4 N–H and O–H groups in total. The van der Waals surface area contributed by atoms with Gasteiger partial charge < -0.3 is 16.3 Å². The van der Waals surface area contributed by atoms with Crippen molar-refractivity contribution >= 4 is 16.6 Å². The molecule has 2 atom stereocenters. The Kier molecular flexibility index (Phi) is 4.73. The van der Waals surface area contributed by atoms with Crippen LogP contribution in [0.2, 0.25) is 0 Å². The molecule has 94 valence electrons. The number of rotatable bonds is 7. The van der Waals surface area contributed by atoms with Gasteiger partial charge in [-0.3, -0.25) is 4.21 Å². The van der Waals surface area contributed by atoms with Crippen LogP contribution in [0.3, 0.4) is 0 Å². The minimum Gasteiger partial charge on any atom is -0.409 e. The van der Waals surface area contributed by atoms with E-state index in [0.29, 0.717) is 12.3 Å². The number of amidine groups is 1. The minimum atomic E-state index is -0.781. The topological polar surface area (TPSA) is 87.7 Å². The van der Waals surface area contributed by atoms with Crippen molar-refractivity contribution in [3.05, 3.63) is 0 Å². The number of nitrogens with two attached hydrogens (primary N) is 1. The van der Waals surface area contributed by atoms with Crippen molar-refractivity contribution in [2.75, 3.05) is 19.3 Å². The van der Waals surface area contributed by atoms with Crippen molar-refractivity contribution in [3.8, 4) is 0 Å². The van der Waals surface area contributed by atoms with Gasteiger partial charge in [0.05, 0.1) is 0 Å². The average Bonchev–Trinajstić information content (AvgIpc) is 2.97. The first kappa shape index (κ1) is 13.4. The third-order valence-corrected chi connectivity index (χ3v) is 4.44. The van der Waals surface area contributed by atoms with Crippen molar-refractivity contribution < 1.29 is 9.42 Å². The molecule has 1 aliphatic carbocycles. The average molecular weight is 247 g/mol. The van der Waals surface area contributed by atoms with Gasteiger partial charge in [-0.15, -0.1) is 0 Å². The van der Waals surface area contributed by atoms with Crippen molar-refractivity contribution in [1.29, 1.82) is 0 Å². The highest BCUT2D eigenvalue weighted by atomic mass is 32.2. The van der Waals surface area contributed by atoms with Crippen molar-refractivity contribution in [1.82, 2.24) is 5.32 Å². The molecule has 1 aliphatic rings. The highest BCUT2D eigenvalue weighted by Crippen LogP contribution is 2.48. The molecule has 0 aromatic carbocycles. The fourth-order valence-electron chi connectivity index (χ4n) is 1.67. The van der Waals surface area contributed by atoms with E-state index in [1.165, 1.54) is 0 Å². The molecule has 5 nitrogen and oxygen atoms in total. The van der Waals surface area contributed by atoms with Crippen molar-refractivity contribution in [2.24, 2.45) is 16.3 Å². The third kappa shape index (κ3) is 4.09. The first-order valence-corrected chi connectivity index (χ1v) is 7.10. The number of nitrogens with one attached hydrogen (secondary N) is 1. The van der Waals surface area contributed by atoms with Gasteiger partial charge in [0.1, 0.15) is 5.84 Å². The maximum atomic E-state index is 11.1. The fourth-order valence-corrected chi connectivity index (χ4v) is 2.02. The lowest BCUT2D eigenvalue weighted by Crippen LogP contribution is -2.33. The Labute approximate surface area is 98.9 Å². The Bertz CT molecular complexity index is 290. The molecule has 0 aromatic heterocycles. The van der Waals surface area contributed by atoms with Crippen LogP contribution in [0.4, 0.5) is 0 Å². The van der Waals surface area contributed by atoms with E-state index < -0.39 is 10.8 Å². The lowest BCUT2D eigenvalue weighted by molar-refractivity contribution is 0.314. The van der Waals surface area contributed by atoms with Gasteiger partial charge in [0.2, 0.25) is 0 Å². The number of hydrogen-bond donors (Lipinski definition) is 3. The molecule has 16 heavy (non-hydrogen) atoms. The maximum absolute atomic E-state index is 11.1. The van der Waals surface area contributed by atoms with E-state index in [1.807, 2.05) is 6.92 Å². The third-order valence-electron chi connectivity index (χ3n) is 3.14. The zero-order valence-electron chi connectivity index (χ0n) is 9.90. The molecule has 0 radical (unpaired) electrons. The standard InChI is InChI=1S/C10H21N3O2S/c1-8(16(2)15)6-12-7-10(3-4-10)5-9(11)13-14/h8,12,14H,3-7H2,1-2H3,(H2,11,13). The van der Waals surface area contributed by atoms with Crippen LogP contribution < -0.4 is 11.1 Å². The second kappa shape index (κ2) is 5.63. The van der Waals surface area contributed by atoms with E-state index in [9.17, 15) is 4.21 Å². The summed E-state index contributed by atoms with van der Waals surface area (Å²) in [6.45, 7) is 3.57. The first-order chi connectivity index (χ1) is 7.49. The van der Waals surface area contributed by atoms with Crippen LogP contribution in [-0.4, -0.2) is 39.8 Å². The monoisotopic (exact) mass is 247 g/mol. The molecule has 1 rings (SSSR count). The first-order valence-electron chi connectivity index (χ1n) is 5.48. The Hall–Kier alpha value is -0.620. The van der Waals surface area contributed by atoms with Crippen LogP contribution in [0, 0.1) is 5.41 Å². The van der Waals surface area contributed by atoms with Crippen molar-refractivity contribution in [2.45, 2.75) is 31.4 Å². The number of oxime groups is 1. The van der Waals surface area contributed by atoms with Crippen LogP contribution >= 0.6 is 0 Å². The molecular formula is C10H21N3O2S. The fraction of sp³-hybridized carbons (Fsp3) is 0.900. The lowest BCUT2D eigenvalue weighted by atomic mass is 10.0. The SMILES string of the molecule is CC(CNCC1(CC(N)=NO)CC1)S(C)=O. The van der Waals surface area contributed by atoms with E-state index in [2.05, 4.69) is 10.5 Å². The van der Waals surface area contributed by atoms with Crippen LogP contribution in [0.25, 0.3) is 0 Å². The number of hydrogen-bond acceptors (Lipinski definition) is 4. The molecular weight excluding hydrogens is 226 g/mol. The van der Waals surface area contributed by atoms with Crippen molar-refractivity contribution in [3.63, 3.8) is 0 Å². The summed E-state index contributed by atoms with van der Waals surface area (Å²) < 4.78 is 11.1. The highest BCUT2D eigenvalue weighted by Gasteiger charge is 2.42. The molecule has 0 heterocycles. The smallest absolute Gasteiger partial charge is 0.139 e. The quantitative estimate of drug-likeness (QED) is 0.261. The Morgan fingerprint density at radius 2 is 2.31 bits per heavy atom. The van der Waals surface area contributed by atoms with Gasteiger partial charge in [-0.2, -0.15) is 0 Å². The largest absolute Gasteiger partial charge is 0.409 e. The molecule has 0 bridgehead atoms. The van der Waals surface area contributed by atoms with Crippen LogP contribution in [-0.2, 0) is 10.8 Å². The molecule has 0 aliphatic heterocycles. The Morgan fingerprint density at radius 3 is 2.75 bits per heavy atom. The molecule has 0 aromatic rings. The summed E-state index contributed by atoms with van der Waals surface area (Å²) in [4.78, 5) is 0. The van der Waals surface area contributed by atoms with Crippen LogP contribution in [0.1, 0.15) is 26.2 Å². The summed E-state index contributed by atoms with van der Waals surface area (Å²) in [6.07, 6.45) is 4.58. The molecule has 6 heteroatoms. The summed E-state index contributed by atoms with van der Waals surface area (Å²) in [7, 11) is -0.781. The van der Waals surface area contributed by atoms with E-state index >= 15 is 0 Å². The van der Waals surface area contributed by atoms with Crippen LogP contribution in [0.15, 0.2) is 5.16 Å². The molecule has 2 unspecified atom stereocenters. The molecule has 0 spiro atoms. The van der Waals surface area contributed by atoms with E-state index in [1.54, 1.807) is 6.26 Å². The zero-order chi connectivity index (χ0) is 12.2. The molecule has 0 saturated heterocycles. The van der Waals surface area contributed by atoms with Gasteiger partial charge in [0.25, 0.3) is 0 Å². The minimum absolute atomic E-state index is 0.166. The second-order valence-corrected chi connectivity index (χ2v) is 6.51. The number of nitrogens with zero attached hydrogens (tertiary/aromatic N) is 1. The summed E-state index contributed by atoms with van der Waals surface area (Å²) in [5.41, 5.74) is 5.67. The summed E-state index contributed by atoms with van der Waals surface area (Å²) in [5, 5.41) is 15.0. The van der Waals surface area contributed by atoms with Gasteiger partial charge in [0.15, 0.2) is 0 Å². The van der Waals surface area contributed by atoms with Gasteiger partial charge in [0, 0.05) is 41.8 Å². The molecule has 1 saturated carbocycles. The molecule has 0 amide bonds. The highest BCUT2D eigenvalue weighted by molar-refractivity contribution is 7.84. The normalized spacial score (nSPS) is 22.8. The predicted octanol–water partition coefficient (Wildman–Crippen LogP) is 0.260. The Morgan fingerprint density at radius 1 is 1.69 bits per heavy atom. The van der Waals surface area contributed by atoms with Gasteiger partial charge in [-0.25, -0.2) is 0 Å². The van der Waals surface area contributed by atoms with Crippen LogP contribution in [0.5, 0.6) is 0 Å². The molecule has 1 fully saturated rings. The predicted molar refractivity (Wildman–Crippen MR) is 66.1 cm³/mol. The van der Waals surface area contributed by atoms with E-state index in [0.717, 1.165) is 25.9 Å². The summed E-state index contributed by atoms with van der Waals surface area (Å²) in [6, 6.07) is 0. The summed E-state index contributed by atoms with van der Waals surface area (Å²) >= 11 is 0. The zero-order valence-corrected chi connectivity index (χ0v) is 10.7. The maximum Gasteiger partial charge on any atom is 0.139 e. The summed E-state index contributed by atoms with van der Waals surface area (Å²) in [5.74, 6) is 0.298. The second-order valence-electron chi connectivity index (χ2n) is 4.71. The van der Waals surface area contributed by atoms with Gasteiger partial charge >= 0.3 is 0 Å². The van der Waals surface area contributed by atoms with E-state index in [4.69, 9.17) is 10.9 Å². The van der Waals surface area contributed by atoms with Gasteiger partial charge in [-0.1, -0.05) is 5.16 Å². The van der Waals surface area contributed by atoms with E-state index in [-0.39, 0.29) is 10.7 Å².